The SMILES string of the molecule is CCCCC(=O)Nc1cccc(NC(=S)NC(=O)/C=C/c2ccccc2)c1. The molecule has 0 heterocycles. The smallest absolute Gasteiger partial charge is 0.250 e. The third kappa shape index (κ3) is 7.83. The molecule has 5 nitrogen and oxygen atoms in total. The highest BCUT2D eigenvalue weighted by Crippen LogP contribution is 2.15. The lowest BCUT2D eigenvalue weighted by Gasteiger charge is -2.10. The van der Waals surface area contributed by atoms with E-state index >= 15 is 0 Å². The highest BCUT2D eigenvalue weighted by atomic mass is 32.1. The Morgan fingerprint density at radius 2 is 1.70 bits per heavy atom. The maximum atomic E-state index is 11.9. The summed E-state index contributed by atoms with van der Waals surface area (Å²) in [6.45, 7) is 2.04. The number of hydrogen-bond acceptors (Lipinski definition) is 3. The summed E-state index contributed by atoms with van der Waals surface area (Å²) in [7, 11) is 0. The molecule has 0 aliphatic rings. The predicted molar refractivity (Wildman–Crippen MR) is 114 cm³/mol. The molecule has 2 aromatic rings. The van der Waals surface area contributed by atoms with Crippen molar-refractivity contribution in [3.05, 3.63) is 66.2 Å². The third-order valence-electron chi connectivity index (χ3n) is 3.63. The molecule has 0 spiro atoms. The first kappa shape index (κ1) is 20.3. The van der Waals surface area contributed by atoms with Crippen molar-refractivity contribution in [1.82, 2.24) is 5.32 Å². The number of thiocarbonyl (C=S) groups is 1. The second kappa shape index (κ2) is 10.9. The zero-order chi connectivity index (χ0) is 19.5. The molecular weight excluding hydrogens is 358 g/mol. The fourth-order valence-electron chi connectivity index (χ4n) is 2.29. The number of anilines is 2. The first-order chi connectivity index (χ1) is 13.1. The number of carbonyl (C=O) groups is 2. The van der Waals surface area contributed by atoms with Crippen molar-refractivity contribution >= 4 is 46.6 Å². The van der Waals surface area contributed by atoms with Crippen LogP contribution in [-0.4, -0.2) is 16.9 Å². The van der Waals surface area contributed by atoms with Crippen LogP contribution in [0.2, 0.25) is 0 Å². The van der Waals surface area contributed by atoms with E-state index in [4.69, 9.17) is 12.2 Å². The van der Waals surface area contributed by atoms with Gasteiger partial charge in [-0.25, -0.2) is 0 Å². The van der Waals surface area contributed by atoms with Gasteiger partial charge in [0.05, 0.1) is 0 Å². The van der Waals surface area contributed by atoms with Gasteiger partial charge >= 0.3 is 0 Å². The summed E-state index contributed by atoms with van der Waals surface area (Å²) in [6, 6.07) is 16.7. The summed E-state index contributed by atoms with van der Waals surface area (Å²) in [5, 5.41) is 8.57. The summed E-state index contributed by atoms with van der Waals surface area (Å²) in [5.41, 5.74) is 2.29. The van der Waals surface area contributed by atoms with Gasteiger partial charge in [0.25, 0.3) is 0 Å². The van der Waals surface area contributed by atoms with Crippen LogP contribution in [0.5, 0.6) is 0 Å². The third-order valence-corrected chi connectivity index (χ3v) is 3.83. The summed E-state index contributed by atoms with van der Waals surface area (Å²) < 4.78 is 0. The second-order valence-corrected chi connectivity index (χ2v) is 6.33. The molecule has 0 saturated carbocycles. The number of amides is 2. The minimum Gasteiger partial charge on any atom is -0.332 e. The molecule has 2 aromatic carbocycles. The van der Waals surface area contributed by atoms with Crippen molar-refractivity contribution in [1.29, 1.82) is 0 Å². The van der Waals surface area contributed by atoms with Crippen LogP contribution >= 0.6 is 12.2 Å². The minimum atomic E-state index is -0.319. The van der Waals surface area contributed by atoms with E-state index in [2.05, 4.69) is 16.0 Å². The topological polar surface area (TPSA) is 70.2 Å². The van der Waals surface area contributed by atoms with Crippen molar-refractivity contribution in [3.8, 4) is 0 Å². The molecule has 6 heteroatoms. The molecule has 3 N–H and O–H groups in total. The normalized spacial score (nSPS) is 10.4. The van der Waals surface area contributed by atoms with E-state index in [0.717, 1.165) is 18.4 Å². The summed E-state index contributed by atoms with van der Waals surface area (Å²) in [4.78, 5) is 23.8. The highest BCUT2D eigenvalue weighted by Gasteiger charge is 2.05. The molecular formula is C21H23N3O2S. The molecule has 27 heavy (non-hydrogen) atoms. The molecule has 2 amide bonds. The second-order valence-electron chi connectivity index (χ2n) is 5.92. The number of benzene rings is 2. The molecule has 0 unspecified atom stereocenters. The lowest BCUT2D eigenvalue weighted by atomic mass is 10.2. The van der Waals surface area contributed by atoms with Gasteiger partial charge in [0.2, 0.25) is 11.8 Å². The number of nitrogens with one attached hydrogen (secondary N) is 3. The fourth-order valence-corrected chi connectivity index (χ4v) is 2.51. The molecule has 0 radical (unpaired) electrons. The van der Waals surface area contributed by atoms with Crippen LogP contribution in [0.4, 0.5) is 11.4 Å². The molecule has 0 fully saturated rings. The van der Waals surface area contributed by atoms with Crippen LogP contribution in [0.25, 0.3) is 6.08 Å². The zero-order valence-electron chi connectivity index (χ0n) is 15.2. The molecule has 2 rings (SSSR count). The van der Waals surface area contributed by atoms with Gasteiger partial charge in [-0.3, -0.25) is 14.9 Å². The average molecular weight is 382 g/mol. The van der Waals surface area contributed by atoms with E-state index in [1.54, 1.807) is 30.3 Å². The first-order valence-corrected chi connectivity index (χ1v) is 9.22. The van der Waals surface area contributed by atoms with Gasteiger partial charge in [-0.15, -0.1) is 0 Å². The van der Waals surface area contributed by atoms with Gasteiger partial charge in [0.15, 0.2) is 5.11 Å². The quantitative estimate of drug-likeness (QED) is 0.493. The lowest BCUT2D eigenvalue weighted by Crippen LogP contribution is -2.32. The number of rotatable bonds is 7. The van der Waals surface area contributed by atoms with E-state index in [1.165, 1.54) is 6.08 Å². The predicted octanol–water partition coefficient (Wildman–Crippen LogP) is 4.34. The number of unbranched alkanes of at least 4 members (excludes halogenated alkanes) is 1. The van der Waals surface area contributed by atoms with E-state index in [1.807, 2.05) is 37.3 Å². The van der Waals surface area contributed by atoms with Gasteiger partial charge in [0.1, 0.15) is 0 Å². The molecule has 0 atom stereocenters. The van der Waals surface area contributed by atoms with Crippen LogP contribution in [0.1, 0.15) is 31.7 Å². The zero-order valence-corrected chi connectivity index (χ0v) is 16.0. The van der Waals surface area contributed by atoms with Crippen LogP contribution in [0, 0.1) is 0 Å². The van der Waals surface area contributed by atoms with Crippen LogP contribution in [0.15, 0.2) is 60.7 Å². The Hall–Kier alpha value is -2.99. The van der Waals surface area contributed by atoms with E-state index < -0.39 is 0 Å². The lowest BCUT2D eigenvalue weighted by molar-refractivity contribution is -0.116. The minimum absolute atomic E-state index is 0.0177. The van der Waals surface area contributed by atoms with Crippen LogP contribution in [-0.2, 0) is 9.59 Å². The highest BCUT2D eigenvalue weighted by molar-refractivity contribution is 7.80. The van der Waals surface area contributed by atoms with Crippen molar-refractivity contribution < 1.29 is 9.59 Å². The summed E-state index contributed by atoms with van der Waals surface area (Å²) in [5.74, 6) is -0.337. The monoisotopic (exact) mass is 381 g/mol. The molecule has 0 aromatic heterocycles. The maximum absolute atomic E-state index is 11.9. The van der Waals surface area contributed by atoms with Gasteiger partial charge in [-0.2, -0.15) is 0 Å². The molecule has 140 valence electrons. The average Bonchev–Trinajstić information content (AvgIpc) is 2.65. The Morgan fingerprint density at radius 1 is 1.00 bits per heavy atom. The van der Waals surface area contributed by atoms with E-state index in [0.29, 0.717) is 17.8 Å². The van der Waals surface area contributed by atoms with Gasteiger partial charge in [-0.05, 0) is 48.5 Å². The number of carbonyl (C=O) groups excluding carboxylic acids is 2. The Bertz CT molecular complexity index is 819. The molecule has 0 bridgehead atoms. The van der Waals surface area contributed by atoms with Crippen molar-refractivity contribution in [3.63, 3.8) is 0 Å². The summed E-state index contributed by atoms with van der Waals surface area (Å²) in [6.07, 6.45) is 5.46. The van der Waals surface area contributed by atoms with Gasteiger partial charge in [0, 0.05) is 23.9 Å². The van der Waals surface area contributed by atoms with Gasteiger partial charge < -0.3 is 10.6 Å². The standard InChI is InChI=1S/C21H23N3O2S/c1-2-3-12-19(25)22-17-10-7-11-18(15-17)23-21(27)24-20(26)14-13-16-8-5-4-6-9-16/h4-11,13-15H,2-3,12H2,1H3,(H,22,25)(H2,23,24,26,27)/b14-13+. The molecule has 0 aliphatic carbocycles. The number of hydrogen-bond donors (Lipinski definition) is 3. The van der Waals surface area contributed by atoms with Crippen LogP contribution < -0.4 is 16.0 Å². The van der Waals surface area contributed by atoms with Crippen molar-refractivity contribution in [2.24, 2.45) is 0 Å². The largest absolute Gasteiger partial charge is 0.332 e. The van der Waals surface area contributed by atoms with Gasteiger partial charge in [-0.1, -0.05) is 49.7 Å². The van der Waals surface area contributed by atoms with Crippen molar-refractivity contribution in [2.75, 3.05) is 10.6 Å². The Morgan fingerprint density at radius 3 is 2.41 bits per heavy atom. The first-order valence-electron chi connectivity index (χ1n) is 8.82. The Labute approximate surface area is 164 Å². The Balaban J connectivity index is 1.86. The van der Waals surface area contributed by atoms with E-state index in [9.17, 15) is 9.59 Å². The molecule has 0 saturated heterocycles. The Kier molecular flexibility index (Phi) is 8.19. The molecule has 0 aliphatic heterocycles. The summed E-state index contributed by atoms with van der Waals surface area (Å²) >= 11 is 5.17. The maximum Gasteiger partial charge on any atom is 0.250 e. The van der Waals surface area contributed by atoms with Crippen LogP contribution in [0.3, 0.4) is 0 Å². The van der Waals surface area contributed by atoms with E-state index in [-0.39, 0.29) is 16.9 Å². The fraction of sp³-hybridized carbons (Fsp3) is 0.190. The van der Waals surface area contributed by atoms with Crippen molar-refractivity contribution in [2.45, 2.75) is 26.2 Å².